The van der Waals surface area contributed by atoms with Crippen LogP contribution in [0.25, 0.3) is 0 Å². The summed E-state index contributed by atoms with van der Waals surface area (Å²) in [6.45, 7) is -0.597. The van der Waals surface area contributed by atoms with Crippen molar-refractivity contribution in [3.05, 3.63) is 108 Å². The molecule has 4 unspecified atom stereocenters. The van der Waals surface area contributed by atoms with Crippen molar-refractivity contribution in [1.82, 2.24) is 9.80 Å². The Balaban J connectivity index is 1.04. The van der Waals surface area contributed by atoms with Crippen molar-refractivity contribution in [2.75, 3.05) is 27.3 Å². The molecule has 5 aliphatic rings. The van der Waals surface area contributed by atoms with Gasteiger partial charge in [0.1, 0.15) is 37.3 Å². The third kappa shape index (κ3) is 8.19. The number of hydrogen-bond donors (Lipinski definition) is 0. The van der Waals surface area contributed by atoms with Gasteiger partial charge in [0.2, 0.25) is 0 Å². The van der Waals surface area contributed by atoms with Crippen LogP contribution in [0, 0.1) is 5.92 Å². The van der Waals surface area contributed by atoms with E-state index in [4.69, 9.17) is 18.9 Å². The summed E-state index contributed by atoms with van der Waals surface area (Å²) < 4.78 is 24.8. The molecule has 10 heteroatoms. The summed E-state index contributed by atoms with van der Waals surface area (Å²) in [6, 6.07) is 29.1. The van der Waals surface area contributed by atoms with Gasteiger partial charge in [0.25, 0.3) is 0 Å². The maximum Gasteiger partial charge on any atom is 0.328 e. The van der Waals surface area contributed by atoms with E-state index in [9.17, 15) is 9.59 Å². The van der Waals surface area contributed by atoms with Crippen molar-refractivity contribution in [2.24, 2.45) is 5.92 Å². The number of carbonyl (C=O) groups excluding carboxylic acids is 4. The Morgan fingerprint density at radius 1 is 0.552 bits per heavy atom. The fourth-order valence-electron chi connectivity index (χ4n) is 10.9. The number of carbonyl (C=O) groups is 4. The Hall–Kier alpha value is -4.54. The summed E-state index contributed by atoms with van der Waals surface area (Å²) in [7, 11) is 4.29. The molecule has 5 fully saturated rings. The first-order valence-corrected chi connectivity index (χ1v) is 21.6. The zero-order chi connectivity index (χ0) is 40.2. The van der Waals surface area contributed by atoms with E-state index >= 15 is 9.59 Å². The van der Waals surface area contributed by atoms with Crippen LogP contribution in [0.2, 0.25) is 0 Å². The maximum absolute atomic E-state index is 15.0. The molecule has 4 bridgehead atoms. The molecule has 1 aliphatic carbocycles. The predicted molar refractivity (Wildman–Crippen MR) is 218 cm³/mol. The molecule has 0 spiro atoms. The third-order valence-electron chi connectivity index (χ3n) is 14.3. The zero-order valence-corrected chi connectivity index (χ0v) is 33.9. The van der Waals surface area contributed by atoms with Gasteiger partial charge in [0.05, 0.1) is 0 Å². The van der Waals surface area contributed by atoms with E-state index in [0.29, 0.717) is 53.7 Å². The van der Waals surface area contributed by atoms with Crippen LogP contribution in [-0.2, 0) is 43.5 Å². The first-order valence-electron chi connectivity index (χ1n) is 21.6. The van der Waals surface area contributed by atoms with E-state index < -0.39 is 47.0 Å². The van der Waals surface area contributed by atoms with Gasteiger partial charge in [-0.05, 0) is 101 Å². The minimum absolute atomic E-state index is 0.209. The number of rotatable bonds is 14. The van der Waals surface area contributed by atoms with Gasteiger partial charge in [0.15, 0.2) is 5.41 Å². The van der Waals surface area contributed by atoms with Gasteiger partial charge in [-0.3, -0.25) is 19.2 Å². The Bertz CT molecular complexity index is 1750. The van der Waals surface area contributed by atoms with Gasteiger partial charge in [0, 0.05) is 24.2 Å². The molecule has 308 valence electrons. The molecule has 3 aromatic rings. The summed E-state index contributed by atoms with van der Waals surface area (Å²) >= 11 is 0. The van der Waals surface area contributed by atoms with Crippen LogP contribution in [0.5, 0.6) is 0 Å². The molecule has 0 aromatic heterocycles. The summed E-state index contributed by atoms with van der Waals surface area (Å²) in [5.74, 6) is -4.59. The molecule has 0 amide bonds. The molecule has 10 nitrogen and oxygen atoms in total. The molecule has 4 aliphatic heterocycles. The van der Waals surface area contributed by atoms with E-state index in [2.05, 4.69) is 23.9 Å². The molecule has 0 N–H and O–H groups in total. The van der Waals surface area contributed by atoms with Gasteiger partial charge >= 0.3 is 23.9 Å². The molecule has 4 saturated heterocycles. The maximum atomic E-state index is 15.0. The van der Waals surface area contributed by atoms with Crippen LogP contribution in [0.1, 0.15) is 106 Å². The molecular formula is C48H58N2O8. The molecule has 0 radical (unpaired) electrons. The third-order valence-corrected chi connectivity index (χ3v) is 14.3. The van der Waals surface area contributed by atoms with Crippen LogP contribution < -0.4 is 0 Å². The highest BCUT2D eigenvalue weighted by Crippen LogP contribution is 2.45. The fraction of sp³-hybridized carbons (Fsp3) is 0.542. The van der Waals surface area contributed by atoms with Crippen LogP contribution in [-0.4, -0.2) is 97.4 Å². The van der Waals surface area contributed by atoms with E-state index in [1.807, 2.05) is 66.7 Å². The average molecular weight is 791 g/mol. The number of hydrogen-bond acceptors (Lipinski definition) is 10. The Morgan fingerprint density at radius 3 is 1.29 bits per heavy atom. The zero-order valence-electron chi connectivity index (χ0n) is 33.9. The first kappa shape index (κ1) is 40.2. The molecule has 8 atom stereocenters. The van der Waals surface area contributed by atoms with Crippen molar-refractivity contribution in [3.63, 3.8) is 0 Å². The fourth-order valence-corrected chi connectivity index (χ4v) is 10.9. The van der Waals surface area contributed by atoms with Crippen molar-refractivity contribution in [1.29, 1.82) is 0 Å². The summed E-state index contributed by atoms with van der Waals surface area (Å²) in [6.07, 6.45) is 10.0. The summed E-state index contributed by atoms with van der Waals surface area (Å²) in [5.41, 5.74) is -0.00862. The highest BCUT2D eigenvalue weighted by atomic mass is 16.6. The lowest BCUT2D eigenvalue weighted by Crippen LogP contribution is -2.52. The number of benzene rings is 3. The highest BCUT2D eigenvalue weighted by molar-refractivity contribution is 6.07. The van der Waals surface area contributed by atoms with Crippen LogP contribution in [0.4, 0.5) is 0 Å². The van der Waals surface area contributed by atoms with Gasteiger partial charge in [-0.2, -0.15) is 0 Å². The minimum atomic E-state index is -1.83. The molecule has 4 heterocycles. The lowest BCUT2D eigenvalue weighted by atomic mass is 9.69. The number of fused-ring (bicyclic) bond motifs is 4. The second-order valence-electron chi connectivity index (χ2n) is 17.4. The van der Waals surface area contributed by atoms with Gasteiger partial charge < -0.3 is 28.7 Å². The van der Waals surface area contributed by atoms with E-state index in [0.717, 1.165) is 64.2 Å². The number of nitrogens with zero attached hydrogens (tertiary/aromatic N) is 2. The second-order valence-corrected chi connectivity index (χ2v) is 17.4. The largest absolute Gasteiger partial charge is 0.463 e. The second kappa shape index (κ2) is 17.8. The Morgan fingerprint density at radius 2 is 0.914 bits per heavy atom. The smallest absolute Gasteiger partial charge is 0.328 e. The van der Waals surface area contributed by atoms with E-state index in [1.54, 1.807) is 24.3 Å². The van der Waals surface area contributed by atoms with E-state index in [1.165, 1.54) is 0 Å². The number of piperidine rings is 2. The van der Waals surface area contributed by atoms with Crippen LogP contribution in [0.3, 0.4) is 0 Å². The van der Waals surface area contributed by atoms with Crippen LogP contribution in [0.15, 0.2) is 91.0 Å². The molecule has 58 heavy (non-hydrogen) atoms. The quantitative estimate of drug-likeness (QED) is 0.0953. The minimum Gasteiger partial charge on any atom is -0.463 e. The summed E-state index contributed by atoms with van der Waals surface area (Å²) in [5, 5.41) is 0. The number of esters is 4. The standard InChI is InChI=1S/C48H58N2O8/c1-49-36-22-23-37(49)27-40(26-36)57-44(51)42(32-14-6-3-7-15-32)30-55-46(53)48(35-20-12-13-21-35,34-18-10-5-11-19-34)47(54)56-31-43(33-16-8-4-9-17-33)45(52)58-41-28-38-24-25-39(29-41)50(38)2/h3-11,14-19,35-43H,12-13,20-31H2,1-2H3/t36-,37+,38-,39+,40?,41?,42?,43?,48?. The van der Waals surface area contributed by atoms with Crippen LogP contribution >= 0.6 is 0 Å². The number of ether oxygens (including phenoxy) is 4. The normalized spacial score (nSPS) is 27.9. The van der Waals surface area contributed by atoms with Crippen molar-refractivity contribution in [3.8, 4) is 0 Å². The lowest BCUT2D eigenvalue weighted by molar-refractivity contribution is -0.171. The first-order chi connectivity index (χ1) is 28.2. The molecule has 1 saturated carbocycles. The molecule has 8 rings (SSSR count). The molecule has 3 aromatic carbocycles. The SMILES string of the molecule is CN1[C@@H]2CC[C@H]1CC(OC(=O)C(COC(=O)C(C(=O)OCC(C(=O)OC1C[C@H]3CC[C@@H](C1)N3C)c1ccccc1)(c1ccccc1)C1CCCC1)c1ccccc1)C2. The predicted octanol–water partition coefficient (Wildman–Crippen LogP) is 7.11. The van der Waals surface area contributed by atoms with Gasteiger partial charge in [-0.25, -0.2) is 0 Å². The Kier molecular flexibility index (Phi) is 12.3. The van der Waals surface area contributed by atoms with Gasteiger partial charge in [-0.1, -0.05) is 104 Å². The topological polar surface area (TPSA) is 112 Å². The molecular weight excluding hydrogens is 733 g/mol. The van der Waals surface area contributed by atoms with Crippen molar-refractivity contribution < 1.29 is 38.1 Å². The van der Waals surface area contributed by atoms with Crippen molar-refractivity contribution in [2.45, 2.75) is 131 Å². The van der Waals surface area contributed by atoms with Crippen molar-refractivity contribution >= 4 is 23.9 Å². The van der Waals surface area contributed by atoms with E-state index in [-0.39, 0.29) is 25.4 Å². The monoisotopic (exact) mass is 790 g/mol. The van der Waals surface area contributed by atoms with Gasteiger partial charge in [-0.15, -0.1) is 0 Å². The Labute approximate surface area is 342 Å². The average Bonchev–Trinajstić information content (AvgIpc) is 3.88. The lowest BCUT2D eigenvalue weighted by Gasteiger charge is -2.37. The highest BCUT2D eigenvalue weighted by Gasteiger charge is 2.57. The summed E-state index contributed by atoms with van der Waals surface area (Å²) in [4.78, 5) is 62.9.